The molecule has 0 atom stereocenters. The van der Waals surface area contributed by atoms with E-state index in [1.54, 1.807) is 0 Å². The maximum Gasteiger partial charge on any atom is 0.242 e. The first-order chi connectivity index (χ1) is 11.9. The molecule has 0 amide bonds. The van der Waals surface area contributed by atoms with Crippen LogP contribution in [0.25, 0.3) is 0 Å². The summed E-state index contributed by atoms with van der Waals surface area (Å²) in [6.45, 7) is 10.9. The minimum Gasteiger partial charge on any atom is -0.543 e. The zero-order chi connectivity index (χ0) is 17.9. The number of aryl methyl sites for hydroxylation is 1. The molecule has 1 heterocycles. The zero-order valence-corrected chi connectivity index (χ0v) is 16.7. The van der Waals surface area contributed by atoms with Gasteiger partial charge in [-0.15, -0.1) is 0 Å². The number of amidine groups is 1. The summed E-state index contributed by atoms with van der Waals surface area (Å²) in [5, 5.41) is 0. The van der Waals surface area contributed by atoms with Crippen molar-refractivity contribution in [1.29, 1.82) is 0 Å². The summed E-state index contributed by atoms with van der Waals surface area (Å²) in [6.07, 6.45) is 2.47. The molecule has 25 heavy (non-hydrogen) atoms. The molecule has 3 nitrogen and oxygen atoms in total. The van der Waals surface area contributed by atoms with Gasteiger partial charge in [-0.2, -0.15) is 0 Å². The molecule has 0 aliphatic carbocycles. The van der Waals surface area contributed by atoms with Crippen molar-refractivity contribution in [3.8, 4) is 5.75 Å². The summed E-state index contributed by atoms with van der Waals surface area (Å²) >= 11 is 0. The Morgan fingerprint density at radius 3 is 2.32 bits per heavy atom. The molecule has 2 aromatic rings. The largest absolute Gasteiger partial charge is 0.543 e. The first kappa shape index (κ1) is 17.7. The zero-order valence-electron chi connectivity index (χ0n) is 15.7. The van der Waals surface area contributed by atoms with Gasteiger partial charge in [0, 0.05) is 18.7 Å². The van der Waals surface area contributed by atoms with Crippen molar-refractivity contribution in [1.82, 2.24) is 4.90 Å². The second-order valence-electron chi connectivity index (χ2n) is 7.68. The molecule has 132 valence electrons. The first-order valence-electron chi connectivity index (χ1n) is 9.11. The van der Waals surface area contributed by atoms with Gasteiger partial charge in [0.25, 0.3) is 0 Å². The molecular formula is C21H28N2OSi. The van der Waals surface area contributed by atoms with Crippen LogP contribution in [0.15, 0.2) is 53.5 Å². The number of benzene rings is 2. The van der Waals surface area contributed by atoms with Crippen molar-refractivity contribution in [3.63, 3.8) is 0 Å². The van der Waals surface area contributed by atoms with Gasteiger partial charge in [0.1, 0.15) is 17.3 Å². The average Bonchev–Trinajstić information content (AvgIpc) is 3.08. The highest BCUT2D eigenvalue weighted by Crippen LogP contribution is 2.32. The van der Waals surface area contributed by atoms with Crippen LogP contribution in [0.3, 0.4) is 0 Å². The van der Waals surface area contributed by atoms with Crippen LogP contribution in [0, 0.1) is 6.92 Å². The van der Waals surface area contributed by atoms with Crippen molar-refractivity contribution in [2.24, 2.45) is 4.99 Å². The molecular weight excluding hydrogens is 324 g/mol. The smallest absolute Gasteiger partial charge is 0.242 e. The van der Waals surface area contributed by atoms with Crippen LogP contribution in [0.1, 0.15) is 24.0 Å². The summed E-state index contributed by atoms with van der Waals surface area (Å²) < 4.78 is 6.33. The Hall–Kier alpha value is -2.07. The van der Waals surface area contributed by atoms with Crippen LogP contribution < -0.4 is 4.43 Å². The van der Waals surface area contributed by atoms with Gasteiger partial charge in [0.15, 0.2) is 0 Å². The van der Waals surface area contributed by atoms with E-state index in [1.165, 1.54) is 24.0 Å². The van der Waals surface area contributed by atoms with Crippen LogP contribution >= 0.6 is 0 Å². The number of likely N-dealkylation sites (tertiary alicyclic amines) is 1. The minimum absolute atomic E-state index is 0.909. The molecule has 1 fully saturated rings. The summed E-state index contributed by atoms with van der Waals surface area (Å²) in [4.78, 5) is 7.47. The summed E-state index contributed by atoms with van der Waals surface area (Å²) in [5.41, 5.74) is 3.30. The normalized spacial score (nSPS) is 15.5. The second-order valence-corrected chi connectivity index (χ2v) is 12.1. The molecule has 2 aromatic carbocycles. The van der Waals surface area contributed by atoms with E-state index < -0.39 is 8.32 Å². The summed E-state index contributed by atoms with van der Waals surface area (Å²) in [5.74, 6) is 1.97. The highest BCUT2D eigenvalue weighted by molar-refractivity contribution is 6.70. The highest BCUT2D eigenvalue weighted by atomic mass is 28.4. The quantitative estimate of drug-likeness (QED) is 0.419. The predicted molar refractivity (Wildman–Crippen MR) is 109 cm³/mol. The van der Waals surface area contributed by atoms with Crippen LogP contribution in [0.5, 0.6) is 5.75 Å². The summed E-state index contributed by atoms with van der Waals surface area (Å²) in [6, 6.07) is 16.8. The first-order valence-corrected chi connectivity index (χ1v) is 12.5. The fourth-order valence-corrected chi connectivity index (χ4v) is 3.90. The molecule has 0 N–H and O–H groups in total. The van der Waals surface area contributed by atoms with Crippen LogP contribution in [0.2, 0.25) is 19.6 Å². The lowest BCUT2D eigenvalue weighted by atomic mass is 10.1. The second kappa shape index (κ2) is 7.44. The Morgan fingerprint density at radius 2 is 1.68 bits per heavy atom. The lowest BCUT2D eigenvalue weighted by Gasteiger charge is -2.23. The molecule has 0 saturated carbocycles. The van der Waals surface area contributed by atoms with Gasteiger partial charge in [-0.1, -0.05) is 36.4 Å². The van der Waals surface area contributed by atoms with E-state index in [1.807, 2.05) is 0 Å². The van der Waals surface area contributed by atoms with Gasteiger partial charge in [-0.25, -0.2) is 4.99 Å². The highest BCUT2D eigenvalue weighted by Gasteiger charge is 2.21. The van der Waals surface area contributed by atoms with Crippen molar-refractivity contribution < 1.29 is 4.43 Å². The van der Waals surface area contributed by atoms with Crippen LogP contribution in [-0.2, 0) is 0 Å². The van der Waals surface area contributed by atoms with E-state index in [9.17, 15) is 0 Å². The molecule has 0 unspecified atom stereocenters. The monoisotopic (exact) mass is 352 g/mol. The molecule has 3 rings (SSSR count). The molecule has 0 radical (unpaired) electrons. The molecule has 4 heteroatoms. The number of hydrogen-bond donors (Lipinski definition) is 0. The number of hydrogen-bond acceptors (Lipinski definition) is 2. The van der Waals surface area contributed by atoms with Gasteiger partial charge in [-0.3, -0.25) is 0 Å². The van der Waals surface area contributed by atoms with Gasteiger partial charge >= 0.3 is 0 Å². The third-order valence-corrected chi connectivity index (χ3v) is 5.03. The van der Waals surface area contributed by atoms with E-state index in [0.29, 0.717) is 0 Å². The Labute approximate surface area is 152 Å². The number of rotatable bonds is 4. The van der Waals surface area contributed by atoms with E-state index in [0.717, 1.165) is 30.4 Å². The molecule has 1 aliphatic heterocycles. The van der Waals surface area contributed by atoms with Gasteiger partial charge < -0.3 is 9.33 Å². The lowest BCUT2D eigenvalue weighted by molar-refractivity contribution is 0.519. The molecule has 0 bridgehead atoms. The van der Waals surface area contributed by atoms with E-state index >= 15 is 0 Å². The number of nitrogens with zero attached hydrogens (tertiary/aromatic N) is 2. The predicted octanol–water partition coefficient (Wildman–Crippen LogP) is 5.38. The maximum atomic E-state index is 6.33. The minimum atomic E-state index is -1.70. The molecule has 0 aromatic heterocycles. The Balaban J connectivity index is 2.05. The Kier molecular flexibility index (Phi) is 5.28. The van der Waals surface area contributed by atoms with Gasteiger partial charge in [0.2, 0.25) is 8.32 Å². The van der Waals surface area contributed by atoms with Crippen molar-refractivity contribution in [3.05, 3.63) is 59.7 Å². The van der Waals surface area contributed by atoms with E-state index in [2.05, 4.69) is 80.0 Å². The fourth-order valence-electron chi connectivity index (χ4n) is 3.07. The third kappa shape index (κ3) is 4.72. The topological polar surface area (TPSA) is 24.8 Å². The average molecular weight is 353 g/mol. The lowest BCUT2D eigenvalue weighted by Crippen LogP contribution is -2.30. The molecule has 1 saturated heterocycles. The van der Waals surface area contributed by atoms with Crippen molar-refractivity contribution in [2.75, 3.05) is 13.1 Å². The van der Waals surface area contributed by atoms with Crippen LogP contribution in [0.4, 0.5) is 5.69 Å². The fraction of sp³-hybridized carbons (Fsp3) is 0.381. The third-order valence-electron chi connectivity index (χ3n) is 4.20. The van der Waals surface area contributed by atoms with Crippen LogP contribution in [-0.4, -0.2) is 32.1 Å². The van der Waals surface area contributed by atoms with Crippen molar-refractivity contribution >= 4 is 19.8 Å². The molecule has 1 aliphatic rings. The Bertz CT molecular complexity index is 744. The number of aliphatic imine (C=N–C) groups is 1. The Morgan fingerprint density at radius 1 is 1.00 bits per heavy atom. The van der Waals surface area contributed by atoms with Gasteiger partial charge in [-0.05, 0) is 57.1 Å². The van der Waals surface area contributed by atoms with Crippen molar-refractivity contribution in [2.45, 2.75) is 39.4 Å². The van der Waals surface area contributed by atoms with E-state index in [4.69, 9.17) is 9.42 Å². The van der Waals surface area contributed by atoms with Gasteiger partial charge in [0.05, 0.1) is 0 Å². The molecule has 0 spiro atoms. The maximum absolute atomic E-state index is 6.33. The summed E-state index contributed by atoms with van der Waals surface area (Å²) in [7, 11) is -1.70. The standard InChI is InChI=1S/C21H28N2OSi/c1-17-12-13-19(20(16-17)24-25(2,3)4)22-21(23-14-8-9-15-23)18-10-6-5-7-11-18/h5-7,10-13,16H,8-9,14-15H2,1-4H3. The van der Waals surface area contributed by atoms with E-state index in [-0.39, 0.29) is 0 Å². The SMILES string of the molecule is Cc1ccc(N=C(c2ccccc2)N2CCCC2)c(O[Si](C)(C)C)c1.